The number of anilines is 1. The van der Waals surface area contributed by atoms with Crippen LogP contribution in [0.3, 0.4) is 0 Å². The number of aryl methyl sites for hydroxylation is 1. The fourth-order valence-electron chi connectivity index (χ4n) is 2.31. The number of sulfonamides is 1. The number of hydrogen-bond donors (Lipinski definition) is 1. The normalized spacial score (nSPS) is 15.0. The lowest BCUT2D eigenvalue weighted by atomic mass is 10.1. The Morgan fingerprint density at radius 2 is 2.00 bits per heavy atom. The molecule has 0 radical (unpaired) electrons. The van der Waals surface area contributed by atoms with Crippen LogP contribution < -0.4 is 4.72 Å². The van der Waals surface area contributed by atoms with E-state index in [4.69, 9.17) is 4.52 Å². The number of rotatable bonds is 7. The van der Waals surface area contributed by atoms with Crippen LogP contribution in [0.5, 0.6) is 0 Å². The fraction of sp³-hybridized carbons (Fsp3) is 0.438. The van der Waals surface area contributed by atoms with Gasteiger partial charge in [0.05, 0.1) is 4.90 Å². The molecule has 0 amide bonds. The maximum Gasteiger partial charge on any atom is 0.263 e. The van der Waals surface area contributed by atoms with Crippen molar-refractivity contribution in [2.75, 3.05) is 4.72 Å². The number of aromatic nitrogens is 1. The Hall–Kier alpha value is -1.82. The maximum atomic E-state index is 12.3. The molecule has 0 spiro atoms. The topological polar surface area (TPSA) is 72.2 Å². The molecule has 118 valence electrons. The van der Waals surface area contributed by atoms with Crippen molar-refractivity contribution in [3.05, 3.63) is 41.7 Å². The van der Waals surface area contributed by atoms with E-state index in [1.165, 1.54) is 0 Å². The summed E-state index contributed by atoms with van der Waals surface area (Å²) in [6, 6.07) is 8.67. The molecule has 3 rings (SSSR count). The Morgan fingerprint density at radius 3 is 2.64 bits per heavy atom. The minimum atomic E-state index is -3.62. The Labute approximate surface area is 130 Å². The number of nitrogens with one attached hydrogen (secondary N) is 1. The van der Waals surface area contributed by atoms with E-state index in [9.17, 15) is 8.42 Å². The van der Waals surface area contributed by atoms with E-state index < -0.39 is 10.0 Å². The number of hydrogen-bond acceptors (Lipinski definition) is 4. The van der Waals surface area contributed by atoms with Crippen LogP contribution in [0, 0.1) is 0 Å². The first-order chi connectivity index (χ1) is 10.6. The minimum Gasteiger partial charge on any atom is -0.359 e. The lowest BCUT2D eigenvalue weighted by Crippen LogP contribution is -2.13. The molecule has 1 aliphatic carbocycles. The van der Waals surface area contributed by atoms with Crippen molar-refractivity contribution in [1.82, 2.24) is 5.16 Å². The minimum absolute atomic E-state index is 0.240. The smallest absolute Gasteiger partial charge is 0.263 e. The molecule has 0 saturated heterocycles. The van der Waals surface area contributed by atoms with Crippen molar-refractivity contribution in [3.8, 4) is 0 Å². The zero-order chi connectivity index (χ0) is 15.6. The van der Waals surface area contributed by atoms with Gasteiger partial charge in [-0.15, -0.1) is 0 Å². The Kier molecular flexibility index (Phi) is 4.20. The maximum absolute atomic E-state index is 12.3. The summed E-state index contributed by atoms with van der Waals surface area (Å²) in [5.41, 5.74) is 1.15. The highest BCUT2D eigenvalue weighted by Crippen LogP contribution is 2.40. The first-order valence-corrected chi connectivity index (χ1v) is 9.15. The van der Waals surface area contributed by atoms with Crippen LogP contribution in [-0.2, 0) is 16.4 Å². The lowest BCUT2D eigenvalue weighted by Gasteiger charge is -2.06. The van der Waals surface area contributed by atoms with Crippen LogP contribution in [0.25, 0.3) is 0 Å². The molecule has 5 nitrogen and oxygen atoms in total. The molecule has 1 aliphatic rings. The summed E-state index contributed by atoms with van der Waals surface area (Å²) >= 11 is 0. The average Bonchev–Trinajstić information content (AvgIpc) is 3.26. The van der Waals surface area contributed by atoms with E-state index in [1.54, 1.807) is 18.2 Å². The summed E-state index contributed by atoms with van der Waals surface area (Å²) in [6.07, 6.45) is 5.36. The van der Waals surface area contributed by atoms with Gasteiger partial charge in [-0.05, 0) is 43.4 Å². The molecule has 1 aromatic heterocycles. The summed E-state index contributed by atoms with van der Waals surface area (Å²) in [5, 5.41) is 3.78. The van der Waals surface area contributed by atoms with Crippen LogP contribution in [0.2, 0.25) is 0 Å². The predicted molar refractivity (Wildman–Crippen MR) is 84.3 cm³/mol. The Morgan fingerprint density at radius 1 is 1.27 bits per heavy atom. The molecule has 0 atom stereocenters. The van der Waals surface area contributed by atoms with Gasteiger partial charge in [0, 0.05) is 12.0 Å². The summed E-state index contributed by atoms with van der Waals surface area (Å²) in [7, 11) is -3.62. The number of nitrogens with zero attached hydrogens (tertiary/aromatic N) is 1. The van der Waals surface area contributed by atoms with Gasteiger partial charge in [-0.1, -0.05) is 30.6 Å². The summed E-state index contributed by atoms with van der Waals surface area (Å²) in [5.74, 6) is 1.41. The second-order valence-electron chi connectivity index (χ2n) is 5.74. The van der Waals surface area contributed by atoms with Gasteiger partial charge < -0.3 is 4.52 Å². The van der Waals surface area contributed by atoms with E-state index in [2.05, 4.69) is 16.8 Å². The summed E-state index contributed by atoms with van der Waals surface area (Å²) < 4.78 is 32.3. The van der Waals surface area contributed by atoms with Crippen LogP contribution in [0.1, 0.15) is 49.8 Å². The quantitative estimate of drug-likeness (QED) is 0.844. The van der Waals surface area contributed by atoms with Crippen molar-refractivity contribution in [3.63, 3.8) is 0 Å². The van der Waals surface area contributed by atoms with E-state index in [0.29, 0.717) is 5.92 Å². The molecule has 0 unspecified atom stereocenters. The monoisotopic (exact) mass is 320 g/mol. The molecule has 0 bridgehead atoms. The fourth-order valence-corrected chi connectivity index (χ4v) is 3.29. The molecule has 1 heterocycles. The predicted octanol–water partition coefficient (Wildman–Crippen LogP) is 3.70. The molecule has 1 fully saturated rings. The van der Waals surface area contributed by atoms with Gasteiger partial charge in [-0.25, -0.2) is 8.42 Å². The van der Waals surface area contributed by atoms with Gasteiger partial charge >= 0.3 is 0 Å². The molecule has 1 N–H and O–H groups in total. The van der Waals surface area contributed by atoms with E-state index in [-0.39, 0.29) is 10.7 Å². The Balaban J connectivity index is 1.70. The Bertz CT molecular complexity index is 731. The van der Waals surface area contributed by atoms with Crippen LogP contribution in [0.15, 0.2) is 39.8 Å². The van der Waals surface area contributed by atoms with Gasteiger partial charge in [0.25, 0.3) is 10.0 Å². The van der Waals surface area contributed by atoms with Gasteiger partial charge in [0.2, 0.25) is 0 Å². The first kappa shape index (κ1) is 15.1. The third-order valence-corrected chi connectivity index (χ3v) is 5.17. The van der Waals surface area contributed by atoms with Gasteiger partial charge in [0.1, 0.15) is 5.76 Å². The molecule has 6 heteroatoms. The number of unbranched alkanes of at least 4 members (excludes halogenated alkanes) is 1. The second kappa shape index (κ2) is 6.12. The lowest BCUT2D eigenvalue weighted by molar-refractivity contribution is 0.387. The zero-order valence-electron chi connectivity index (χ0n) is 12.6. The third kappa shape index (κ3) is 3.50. The largest absolute Gasteiger partial charge is 0.359 e. The average molecular weight is 320 g/mol. The van der Waals surface area contributed by atoms with Crippen molar-refractivity contribution >= 4 is 15.8 Å². The molecular weight excluding hydrogens is 300 g/mol. The molecular formula is C16H20N2O3S. The highest BCUT2D eigenvalue weighted by atomic mass is 32.2. The molecule has 22 heavy (non-hydrogen) atoms. The molecule has 1 aromatic carbocycles. The van der Waals surface area contributed by atoms with Gasteiger partial charge in [-0.3, -0.25) is 4.72 Å². The third-order valence-electron chi connectivity index (χ3n) is 3.80. The van der Waals surface area contributed by atoms with Crippen LogP contribution >= 0.6 is 0 Å². The van der Waals surface area contributed by atoms with Gasteiger partial charge in [0.15, 0.2) is 5.82 Å². The number of benzene rings is 1. The van der Waals surface area contributed by atoms with Crippen LogP contribution in [0.4, 0.5) is 5.82 Å². The summed E-state index contributed by atoms with van der Waals surface area (Å²) in [4.78, 5) is 0.240. The highest BCUT2D eigenvalue weighted by molar-refractivity contribution is 7.92. The van der Waals surface area contributed by atoms with Crippen molar-refractivity contribution in [2.45, 2.75) is 49.8 Å². The van der Waals surface area contributed by atoms with Crippen molar-refractivity contribution in [1.29, 1.82) is 0 Å². The standard InChI is InChI=1S/C16H20N2O3S/c1-2-3-4-12-5-9-14(10-6-12)22(19,20)18-16-11-15(21-17-16)13-7-8-13/h5-6,9-11,13H,2-4,7-8H2,1H3,(H,17,18). The SMILES string of the molecule is CCCCc1ccc(S(=O)(=O)Nc2cc(C3CC3)on2)cc1. The van der Waals surface area contributed by atoms with Crippen molar-refractivity contribution < 1.29 is 12.9 Å². The highest BCUT2D eigenvalue weighted by Gasteiger charge is 2.28. The van der Waals surface area contributed by atoms with Crippen LogP contribution in [-0.4, -0.2) is 13.6 Å². The second-order valence-corrected chi connectivity index (χ2v) is 7.42. The molecule has 2 aromatic rings. The van der Waals surface area contributed by atoms with Gasteiger partial charge in [-0.2, -0.15) is 0 Å². The molecule has 1 saturated carbocycles. The van der Waals surface area contributed by atoms with E-state index in [0.717, 1.165) is 43.4 Å². The summed E-state index contributed by atoms with van der Waals surface area (Å²) in [6.45, 7) is 2.14. The van der Waals surface area contributed by atoms with E-state index >= 15 is 0 Å². The first-order valence-electron chi connectivity index (χ1n) is 7.67. The molecule has 0 aliphatic heterocycles. The van der Waals surface area contributed by atoms with Crippen molar-refractivity contribution in [2.24, 2.45) is 0 Å². The zero-order valence-corrected chi connectivity index (χ0v) is 13.4. The van der Waals surface area contributed by atoms with E-state index in [1.807, 2.05) is 12.1 Å².